The van der Waals surface area contributed by atoms with Gasteiger partial charge in [0, 0.05) is 18.5 Å². The van der Waals surface area contributed by atoms with Crippen LogP contribution in [-0.2, 0) is 28.9 Å². The summed E-state index contributed by atoms with van der Waals surface area (Å²) in [6.45, 7) is 1.37. The first-order valence-electron chi connectivity index (χ1n) is 12.3. The number of hydrogen-bond donors (Lipinski definition) is 1. The molecule has 2 aromatic carbocycles. The van der Waals surface area contributed by atoms with Crippen LogP contribution in [0.3, 0.4) is 0 Å². The van der Waals surface area contributed by atoms with Gasteiger partial charge in [0.2, 0.25) is 0 Å². The number of H-pyrrole nitrogens is 1. The highest BCUT2D eigenvalue weighted by Crippen LogP contribution is 2.23. The van der Waals surface area contributed by atoms with Gasteiger partial charge in [0.05, 0.1) is 30.4 Å². The number of piperazine rings is 1. The summed E-state index contributed by atoms with van der Waals surface area (Å²) in [5, 5.41) is 7.34. The molecular formula is C27H26F4N4O4. The molecule has 1 aliphatic rings. The Morgan fingerprint density at radius 2 is 1.82 bits per heavy atom. The summed E-state index contributed by atoms with van der Waals surface area (Å²) in [5.74, 6) is -3.74. The molecule has 1 fully saturated rings. The van der Waals surface area contributed by atoms with Crippen LogP contribution in [0.4, 0.5) is 17.6 Å². The average Bonchev–Trinajstić information content (AvgIpc) is 2.90. The van der Waals surface area contributed by atoms with E-state index in [1.807, 2.05) is 6.92 Å². The first-order valence-corrected chi connectivity index (χ1v) is 12.3. The fraction of sp³-hybridized carbons (Fsp3) is 0.333. The molecular weight excluding hydrogens is 520 g/mol. The number of aromatic amines is 1. The van der Waals surface area contributed by atoms with Crippen LogP contribution in [0.25, 0.3) is 0 Å². The minimum atomic E-state index is -5.16. The van der Waals surface area contributed by atoms with Crippen molar-refractivity contribution in [2.75, 3.05) is 19.6 Å². The van der Waals surface area contributed by atoms with E-state index in [1.54, 1.807) is 36.4 Å². The molecule has 1 saturated heterocycles. The standard InChI is InChI=1S/C27H26F4N4O4/c1-2-19-15-20(32-33-24(19)36)12-18-8-9-23(28)22(14-18)25(37)35-11-10-34(39-26(38)27(29,30)31)16-21(35)13-17-6-4-3-5-7-17/h3-9,14-15,21H,2,10-13,16H2,1H3,(H,33,36). The number of alkyl halides is 3. The quantitative estimate of drug-likeness (QED) is 0.457. The normalized spacial score (nSPS) is 16.2. The van der Waals surface area contributed by atoms with Crippen molar-refractivity contribution in [1.29, 1.82) is 0 Å². The number of nitrogens with zero attached hydrogens (tertiary/aromatic N) is 3. The minimum Gasteiger partial charge on any atom is -0.361 e. The zero-order chi connectivity index (χ0) is 28.2. The molecule has 206 valence electrons. The van der Waals surface area contributed by atoms with Gasteiger partial charge in [-0.05, 0) is 42.2 Å². The van der Waals surface area contributed by atoms with Crippen molar-refractivity contribution in [2.24, 2.45) is 0 Å². The average molecular weight is 547 g/mol. The lowest BCUT2D eigenvalue weighted by Crippen LogP contribution is -2.56. The van der Waals surface area contributed by atoms with Crippen LogP contribution < -0.4 is 5.56 Å². The Balaban J connectivity index is 1.58. The van der Waals surface area contributed by atoms with Crippen molar-refractivity contribution < 1.29 is 32.0 Å². The molecule has 4 rings (SSSR count). The van der Waals surface area contributed by atoms with E-state index in [9.17, 15) is 31.9 Å². The molecule has 1 amide bonds. The lowest BCUT2D eigenvalue weighted by Gasteiger charge is -2.40. The molecule has 0 bridgehead atoms. The molecule has 2 heterocycles. The van der Waals surface area contributed by atoms with E-state index in [0.29, 0.717) is 23.2 Å². The molecule has 1 N–H and O–H groups in total. The van der Waals surface area contributed by atoms with Gasteiger partial charge in [0.25, 0.3) is 11.5 Å². The number of hydroxylamine groups is 2. The molecule has 1 unspecified atom stereocenters. The van der Waals surface area contributed by atoms with Crippen LogP contribution >= 0.6 is 0 Å². The summed E-state index contributed by atoms with van der Waals surface area (Å²) in [4.78, 5) is 42.7. The van der Waals surface area contributed by atoms with E-state index >= 15 is 0 Å². The number of nitrogens with one attached hydrogen (secondary N) is 1. The van der Waals surface area contributed by atoms with Gasteiger partial charge in [-0.25, -0.2) is 14.3 Å². The maximum absolute atomic E-state index is 14.9. The summed E-state index contributed by atoms with van der Waals surface area (Å²) < 4.78 is 53.1. The van der Waals surface area contributed by atoms with Crippen LogP contribution in [0.5, 0.6) is 0 Å². The lowest BCUT2D eigenvalue weighted by atomic mass is 10.00. The molecule has 1 aromatic heterocycles. The smallest absolute Gasteiger partial charge is 0.361 e. The van der Waals surface area contributed by atoms with Crippen molar-refractivity contribution in [1.82, 2.24) is 20.2 Å². The summed E-state index contributed by atoms with van der Waals surface area (Å²) in [6.07, 6.45) is -4.18. The number of aryl methyl sites for hydroxylation is 1. The maximum atomic E-state index is 14.9. The number of benzene rings is 2. The van der Waals surface area contributed by atoms with Crippen LogP contribution in [-0.4, -0.2) is 63.9 Å². The van der Waals surface area contributed by atoms with Crippen LogP contribution in [0.15, 0.2) is 59.4 Å². The topological polar surface area (TPSA) is 95.6 Å². The minimum absolute atomic E-state index is 0.0908. The van der Waals surface area contributed by atoms with E-state index in [-0.39, 0.29) is 43.6 Å². The number of hydrogen-bond acceptors (Lipinski definition) is 6. The molecule has 0 aliphatic carbocycles. The van der Waals surface area contributed by atoms with E-state index in [0.717, 1.165) is 10.6 Å². The third kappa shape index (κ3) is 6.88. The fourth-order valence-electron chi connectivity index (χ4n) is 4.46. The Hall–Kier alpha value is -4.06. The van der Waals surface area contributed by atoms with Crippen molar-refractivity contribution in [3.05, 3.63) is 98.7 Å². The Labute approximate surface area is 221 Å². The first kappa shape index (κ1) is 28.0. The van der Waals surface area contributed by atoms with Gasteiger partial charge in [-0.2, -0.15) is 18.3 Å². The van der Waals surface area contributed by atoms with E-state index in [1.165, 1.54) is 23.1 Å². The fourth-order valence-corrected chi connectivity index (χ4v) is 4.46. The number of rotatable bonds is 7. The van der Waals surface area contributed by atoms with E-state index in [2.05, 4.69) is 15.0 Å². The molecule has 8 nitrogen and oxygen atoms in total. The molecule has 1 aliphatic heterocycles. The molecule has 1 atom stereocenters. The Bertz CT molecular complexity index is 1390. The molecule has 12 heteroatoms. The van der Waals surface area contributed by atoms with Crippen molar-refractivity contribution in [2.45, 2.75) is 38.4 Å². The summed E-state index contributed by atoms with van der Waals surface area (Å²) in [5.41, 5.74) is 1.98. The van der Waals surface area contributed by atoms with Crippen LogP contribution in [0, 0.1) is 5.82 Å². The monoisotopic (exact) mass is 546 g/mol. The number of amides is 1. The predicted octanol–water partition coefficient (Wildman–Crippen LogP) is 3.45. The summed E-state index contributed by atoms with van der Waals surface area (Å²) >= 11 is 0. The molecule has 0 saturated carbocycles. The van der Waals surface area contributed by atoms with Crippen molar-refractivity contribution >= 4 is 11.9 Å². The highest BCUT2D eigenvalue weighted by Gasteiger charge is 2.44. The second-order valence-corrected chi connectivity index (χ2v) is 9.16. The third-order valence-corrected chi connectivity index (χ3v) is 6.42. The van der Waals surface area contributed by atoms with Crippen LogP contribution in [0.1, 0.15) is 39.7 Å². The summed E-state index contributed by atoms with van der Waals surface area (Å²) in [6, 6.07) is 14.0. The third-order valence-electron chi connectivity index (χ3n) is 6.42. The highest BCUT2D eigenvalue weighted by atomic mass is 19.4. The van der Waals surface area contributed by atoms with Crippen molar-refractivity contribution in [3.63, 3.8) is 0 Å². The van der Waals surface area contributed by atoms with Crippen molar-refractivity contribution in [3.8, 4) is 0 Å². The maximum Gasteiger partial charge on any atom is 0.492 e. The number of carbonyl (C=O) groups excluding carboxylic acids is 2. The van der Waals surface area contributed by atoms with Gasteiger partial charge in [0.15, 0.2) is 0 Å². The van der Waals surface area contributed by atoms with Gasteiger partial charge in [-0.1, -0.05) is 43.3 Å². The number of carbonyl (C=O) groups is 2. The van der Waals surface area contributed by atoms with Gasteiger partial charge in [0.1, 0.15) is 5.82 Å². The van der Waals surface area contributed by atoms with E-state index in [4.69, 9.17) is 0 Å². The van der Waals surface area contributed by atoms with Gasteiger partial charge in [-0.15, -0.1) is 5.06 Å². The zero-order valence-electron chi connectivity index (χ0n) is 21.0. The second kappa shape index (κ2) is 11.8. The van der Waals surface area contributed by atoms with Crippen LogP contribution in [0.2, 0.25) is 0 Å². The Morgan fingerprint density at radius 1 is 1.08 bits per heavy atom. The predicted molar refractivity (Wildman–Crippen MR) is 132 cm³/mol. The number of halogens is 4. The molecule has 0 radical (unpaired) electrons. The van der Waals surface area contributed by atoms with Gasteiger partial charge < -0.3 is 9.74 Å². The summed E-state index contributed by atoms with van der Waals surface area (Å²) in [7, 11) is 0. The Morgan fingerprint density at radius 3 is 2.51 bits per heavy atom. The second-order valence-electron chi connectivity index (χ2n) is 9.16. The molecule has 3 aromatic rings. The Kier molecular flexibility index (Phi) is 8.44. The SMILES string of the molecule is CCc1cc(Cc2ccc(F)c(C(=O)N3CCN(OC(=O)C(F)(F)F)CC3Cc3ccccc3)c2)n[nH]c1=O. The number of aromatic nitrogens is 2. The first-order chi connectivity index (χ1) is 18.5. The van der Waals surface area contributed by atoms with E-state index < -0.39 is 29.9 Å². The molecule has 39 heavy (non-hydrogen) atoms. The molecule has 0 spiro atoms. The zero-order valence-corrected chi connectivity index (χ0v) is 21.0. The highest BCUT2D eigenvalue weighted by molar-refractivity contribution is 5.95. The van der Waals surface area contributed by atoms with Gasteiger partial charge >= 0.3 is 12.1 Å². The lowest BCUT2D eigenvalue weighted by molar-refractivity contribution is -0.244. The largest absolute Gasteiger partial charge is 0.492 e. The van der Waals surface area contributed by atoms with Gasteiger partial charge in [-0.3, -0.25) is 9.59 Å².